The molecule has 0 fully saturated rings. The van der Waals surface area contributed by atoms with E-state index in [1.165, 1.54) is 29.2 Å². The van der Waals surface area contributed by atoms with Crippen LogP contribution in [0.4, 0.5) is 42.2 Å². The van der Waals surface area contributed by atoms with E-state index in [1.807, 2.05) is 0 Å². The normalized spacial score (nSPS) is 15.6. The van der Waals surface area contributed by atoms with Crippen LogP contribution in [0.2, 0.25) is 0 Å². The van der Waals surface area contributed by atoms with E-state index in [4.69, 9.17) is 9.84 Å². The lowest BCUT2D eigenvalue weighted by Crippen LogP contribution is -2.55. The summed E-state index contributed by atoms with van der Waals surface area (Å²) in [5.74, 6) is -11.7. The van der Waals surface area contributed by atoms with Gasteiger partial charge in [-0.3, -0.25) is 19.3 Å². The van der Waals surface area contributed by atoms with Crippen LogP contribution in [0.3, 0.4) is 0 Å². The summed E-state index contributed by atoms with van der Waals surface area (Å²) < 4.78 is 102. The molecule has 5 aromatic rings. The molecule has 1 aromatic heterocycles. The maximum atomic E-state index is 14.4. The van der Waals surface area contributed by atoms with Crippen molar-refractivity contribution < 1.29 is 49.9 Å². The van der Waals surface area contributed by atoms with Crippen molar-refractivity contribution in [2.24, 2.45) is 0 Å². The Morgan fingerprint density at radius 3 is 2.23 bits per heavy atom. The number of likely N-dealkylation sites (N-methyl/N-ethyl adjacent to an activating group) is 1. The molecule has 1 aliphatic rings. The number of nitrogens with one attached hydrogen (secondary N) is 2. The number of aromatic nitrogens is 2. The fraction of sp³-hybridized carbons (Fsp3) is 0.189. The summed E-state index contributed by atoms with van der Waals surface area (Å²) >= 11 is 0. The first kappa shape index (κ1) is 36.6. The zero-order valence-electron chi connectivity index (χ0n) is 27.8. The van der Waals surface area contributed by atoms with Crippen molar-refractivity contribution in [3.05, 3.63) is 136 Å². The van der Waals surface area contributed by atoms with E-state index in [0.29, 0.717) is 34.4 Å². The number of benzene rings is 4. The van der Waals surface area contributed by atoms with E-state index in [9.17, 15) is 45.1 Å². The molecule has 1 aliphatic heterocycles. The van der Waals surface area contributed by atoms with Crippen LogP contribution in [0.1, 0.15) is 45.6 Å². The van der Waals surface area contributed by atoms with Gasteiger partial charge >= 0.3 is 6.18 Å². The number of carbonyl (C=O) groups is 3. The van der Waals surface area contributed by atoms with Crippen molar-refractivity contribution in [2.45, 2.75) is 32.0 Å². The molecule has 2 heterocycles. The molecule has 3 amide bonds. The molecule has 0 radical (unpaired) electrons. The van der Waals surface area contributed by atoms with Gasteiger partial charge in [-0.1, -0.05) is 36.4 Å². The van der Waals surface area contributed by atoms with Gasteiger partial charge in [0.2, 0.25) is 11.6 Å². The van der Waals surface area contributed by atoms with E-state index in [2.05, 4.69) is 10.6 Å². The second-order valence-corrected chi connectivity index (χ2v) is 11.9. The molecule has 6 rings (SSSR count). The largest absolute Gasteiger partial charge is 0.477 e. The Morgan fingerprint density at radius 1 is 0.887 bits per heavy atom. The van der Waals surface area contributed by atoms with Crippen LogP contribution in [0, 0.1) is 30.2 Å². The SMILES string of the molecule is CCN1C(=O)[C@@H](NC(=O)c2cccc(C(F)(F)F)c2)[C@@H](c2cccc(NC(=O)COc3c(F)c(F)cc(F)c3F)c2)c2c(C)nn(-c3ccccc3)c21. The number of alkyl halides is 3. The number of amides is 3. The zero-order valence-corrected chi connectivity index (χ0v) is 27.8. The van der Waals surface area contributed by atoms with E-state index in [-0.39, 0.29) is 23.9 Å². The molecule has 53 heavy (non-hydrogen) atoms. The van der Waals surface area contributed by atoms with Gasteiger partial charge in [0.25, 0.3) is 17.7 Å². The number of anilines is 2. The Hall–Kier alpha value is -6.19. The van der Waals surface area contributed by atoms with Crippen molar-refractivity contribution >= 4 is 29.2 Å². The third-order valence-electron chi connectivity index (χ3n) is 8.52. The highest BCUT2D eigenvalue weighted by Crippen LogP contribution is 2.44. The third-order valence-corrected chi connectivity index (χ3v) is 8.52. The van der Waals surface area contributed by atoms with Crippen LogP contribution in [-0.2, 0) is 15.8 Å². The average molecular weight is 740 g/mol. The molecule has 0 saturated carbocycles. The number of rotatable bonds is 9. The topological polar surface area (TPSA) is 106 Å². The summed E-state index contributed by atoms with van der Waals surface area (Å²) in [5.41, 5.74) is 0.593. The summed E-state index contributed by atoms with van der Waals surface area (Å²) in [4.78, 5) is 42.2. The Labute approximate surface area is 297 Å². The number of halogens is 7. The van der Waals surface area contributed by atoms with Gasteiger partial charge in [0.15, 0.2) is 24.0 Å². The molecular weight excluding hydrogens is 711 g/mol. The Morgan fingerprint density at radius 2 is 1.57 bits per heavy atom. The highest BCUT2D eigenvalue weighted by Gasteiger charge is 2.46. The molecule has 0 aliphatic carbocycles. The van der Waals surface area contributed by atoms with Gasteiger partial charge in [-0.2, -0.15) is 27.1 Å². The maximum Gasteiger partial charge on any atom is 0.416 e. The predicted molar refractivity (Wildman–Crippen MR) is 178 cm³/mol. The van der Waals surface area contributed by atoms with Gasteiger partial charge in [0.05, 0.1) is 16.9 Å². The number of para-hydroxylation sites is 1. The smallest absolute Gasteiger partial charge is 0.416 e. The highest BCUT2D eigenvalue weighted by molar-refractivity contribution is 6.05. The van der Waals surface area contributed by atoms with Gasteiger partial charge in [-0.05, 0) is 61.9 Å². The molecule has 4 aromatic carbocycles. The second-order valence-electron chi connectivity index (χ2n) is 11.9. The minimum Gasteiger partial charge on any atom is -0.477 e. The van der Waals surface area contributed by atoms with Gasteiger partial charge < -0.3 is 15.4 Å². The molecular formula is C37H28F7N5O4. The lowest BCUT2D eigenvalue weighted by Gasteiger charge is -2.38. The standard InChI is InChI=1S/C37H28F7N5O4/c1-3-48-35-28(19(2)47-49(35)24-13-5-4-6-14-24)29(32(36(48)52)46-34(51)21-10-7-11-22(15-21)37(42,43)44)20-9-8-12-23(16-20)45-27(50)18-53-33-30(40)25(38)17-26(39)31(33)41/h4-17,29,32H,3,18H2,1-2H3,(H,45,50)(H,46,51)/t29-,32-/m0/s1. The zero-order chi connectivity index (χ0) is 38.2. The molecule has 2 N–H and O–H groups in total. The minimum absolute atomic E-state index is 0.00909. The van der Waals surface area contributed by atoms with Crippen LogP contribution >= 0.6 is 0 Å². The molecule has 0 bridgehead atoms. The summed E-state index contributed by atoms with van der Waals surface area (Å²) in [6, 6.07) is 17.2. The molecule has 0 saturated heterocycles. The van der Waals surface area contributed by atoms with E-state index in [1.54, 1.807) is 54.9 Å². The number of carbonyl (C=O) groups excluding carboxylic acids is 3. The van der Waals surface area contributed by atoms with Crippen molar-refractivity contribution in [2.75, 3.05) is 23.4 Å². The summed E-state index contributed by atoms with van der Waals surface area (Å²) in [7, 11) is 0. The van der Waals surface area contributed by atoms with Crippen molar-refractivity contribution in [3.63, 3.8) is 0 Å². The first-order chi connectivity index (χ1) is 25.2. The van der Waals surface area contributed by atoms with Gasteiger partial charge in [0.1, 0.15) is 11.9 Å². The third kappa shape index (κ3) is 7.16. The minimum atomic E-state index is -4.73. The van der Waals surface area contributed by atoms with Crippen LogP contribution in [0.5, 0.6) is 5.75 Å². The number of hydrogen-bond acceptors (Lipinski definition) is 5. The Kier molecular flexibility index (Phi) is 9.97. The van der Waals surface area contributed by atoms with Gasteiger partial charge in [-0.25, -0.2) is 13.5 Å². The first-order valence-corrected chi connectivity index (χ1v) is 16.0. The summed E-state index contributed by atoms with van der Waals surface area (Å²) in [5, 5.41) is 9.81. The quantitative estimate of drug-likeness (QED) is 0.124. The Balaban J connectivity index is 1.39. The summed E-state index contributed by atoms with van der Waals surface area (Å²) in [6.45, 7) is 2.46. The van der Waals surface area contributed by atoms with Crippen LogP contribution in [-0.4, -0.2) is 46.7 Å². The number of hydrogen-bond donors (Lipinski definition) is 2. The number of aryl methyl sites for hydroxylation is 1. The fourth-order valence-corrected chi connectivity index (χ4v) is 6.18. The Bertz CT molecular complexity index is 2200. The average Bonchev–Trinajstić information content (AvgIpc) is 3.47. The van der Waals surface area contributed by atoms with Crippen LogP contribution < -0.4 is 20.3 Å². The monoisotopic (exact) mass is 739 g/mol. The van der Waals surface area contributed by atoms with Crippen molar-refractivity contribution in [1.29, 1.82) is 0 Å². The van der Waals surface area contributed by atoms with Crippen molar-refractivity contribution in [3.8, 4) is 11.4 Å². The van der Waals surface area contributed by atoms with E-state index < -0.39 is 77.0 Å². The highest BCUT2D eigenvalue weighted by atomic mass is 19.4. The fourth-order valence-electron chi connectivity index (χ4n) is 6.18. The second kappa shape index (κ2) is 14.4. The molecule has 274 valence electrons. The lowest BCUT2D eigenvalue weighted by molar-refractivity contribution is -0.137. The van der Waals surface area contributed by atoms with Gasteiger partial charge in [0, 0.05) is 35.3 Å². The molecule has 0 unspecified atom stereocenters. The lowest BCUT2D eigenvalue weighted by atomic mass is 9.81. The predicted octanol–water partition coefficient (Wildman–Crippen LogP) is 7.07. The number of fused-ring (bicyclic) bond motifs is 1. The van der Waals surface area contributed by atoms with E-state index in [0.717, 1.165) is 12.1 Å². The molecule has 2 atom stereocenters. The molecule has 0 spiro atoms. The number of nitrogens with zero attached hydrogens (tertiary/aromatic N) is 3. The summed E-state index contributed by atoms with van der Waals surface area (Å²) in [6.07, 6.45) is -4.73. The first-order valence-electron chi connectivity index (χ1n) is 16.0. The molecule has 16 heteroatoms. The van der Waals surface area contributed by atoms with Crippen molar-refractivity contribution in [1.82, 2.24) is 15.1 Å². The van der Waals surface area contributed by atoms with Crippen LogP contribution in [0.25, 0.3) is 5.69 Å². The van der Waals surface area contributed by atoms with Crippen LogP contribution in [0.15, 0.2) is 84.9 Å². The molecule has 9 nitrogen and oxygen atoms in total. The number of ether oxygens (including phenoxy) is 1. The van der Waals surface area contributed by atoms with E-state index >= 15 is 0 Å². The van der Waals surface area contributed by atoms with Gasteiger partial charge in [-0.15, -0.1) is 0 Å². The maximum absolute atomic E-state index is 14.4.